The fourth-order valence-electron chi connectivity index (χ4n) is 3.80. The Morgan fingerprint density at radius 2 is 1.50 bits per heavy atom. The Hall–Kier alpha value is -2.30. The molecular weight excluding hydrogens is 430 g/mol. The number of hydrogen-bond acceptors (Lipinski definition) is 6. The van der Waals surface area contributed by atoms with Crippen LogP contribution in [0.2, 0.25) is 0 Å². The summed E-state index contributed by atoms with van der Waals surface area (Å²) in [4.78, 5) is 15.1. The van der Waals surface area contributed by atoms with E-state index < -0.39 is 10.0 Å². The first-order valence-corrected chi connectivity index (χ1v) is 12.3. The van der Waals surface area contributed by atoms with Crippen LogP contribution in [0, 0.1) is 0 Å². The molecule has 2 saturated heterocycles. The minimum Gasteiger partial charge on any atom is -0.379 e. The van der Waals surface area contributed by atoms with E-state index in [1.807, 2.05) is 12.1 Å². The third-order valence-electron chi connectivity index (χ3n) is 5.69. The summed E-state index contributed by atoms with van der Waals surface area (Å²) in [6.45, 7) is 6.10. The molecular formula is C23H29N3O5S. The lowest BCUT2D eigenvalue weighted by Crippen LogP contribution is -2.40. The lowest BCUT2D eigenvalue weighted by Gasteiger charge is -2.26. The van der Waals surface area contributed by atoms with Crippen molar-refractivity contribution in [2.75, 3.05) is 52.6 Å². The number of morpholine rings is 2. The van der Waals surface area contributed by atoms with Gasteiger partial charge < -0.3 is 14.8 Å². The van der Waals surface area contributed by atoms with Gasteiger partial charge in [-0.25, -0.2) is 8.42 Å². The van der Waals surface area contributed by atoms with E-state index in [-0.39, 0.29) is 10.8 Å². The average Bonchev–Trinajstić information content (AvgIpc) is 2.85. The zero-order chi connectivity index (χ0) is 22.4. The molecule has 1 N–H and O–H groups in total. The Bertz CT molecular complexity index is 1010. The molecule has 0 spiro atoms. The zero-order valence-electron chi connectivity index (χ0n) is 18.0. The van der Waals surface area contributed by atoms with Crippen molar-refractivity contribution in [1.82, 2.24) is 14.5 Å². The van der Waals surface area contributed by atoms with Gasteiger partial charge in [0.15, 0.2) is 0 Å². The predicted molar refractivity (Wildman–Crippen MR) is 120 cm³/mol. The second-order valence-electron chi connectivity index (χ2n) is 7.93. The SMILES string of the molecule is O=C(NCc1ccc(CN2CCOCC2)cc1)c1cccc(S(=O)(=O)N2CCOCC2)c1. The molecule has 2 aromatic carbocycles. The Morgan fingerprint density at radius 3 is 2.19 bits per heavy atom. The molecule has 0 saturated carbocycles. The van der Waals surface area contributed by atoms with Gasteiger partial charge in [-0.2, -0.15) is 4.31 Å². The van der Waals surface area contributed by atoms with Gasteiger partial charge in [0, 0.05) is 44.8 Å². The number of rotatable bonds is 7. The van der Waals surface area contributed by atoms with E-state index in [0.717, 1.165) is 38.4 Å². The second-order valence-corrected chi connectivity index (χ2v) is 9.87. The van der Waals surface area contributed by atoms with Crippen LogP contribution in [0.15, 0.2) is 53.4 Å². The summed E-state index contributed by atoms with van der Waals surface area (Å²) in [5.74, 6) is -0.304. The third kappa shape index (κ3) is 5.73. The Kier molecular flexibility index (Phi) is 7.54. The number of sulfonamides is 1. The van der Waals surface area contributed by atoms with Gasteiger partial charge in [-0.05, 0) is 29.3 Å². The monoisotopic (exact) mass is 459 g/mol. The fraction of sp³-hybridized carbons (Fsp3) is 0.435. The molecule has 4 rings (SSSR count). The maximum atomic E-state index is 12.8. The van der Waals surface area contributed by atoms with E-state index in [0.29, 0.717) is 38.4 Å². The molecule has 9 heteroatoms. The zero-order valence-corrected chi connectivity index (χ0v) is 18.9. The Labute approximate surface area is 189 Å². The summed E-state index contributed by atoms with van der Waals surface area (Å²) in [6, 6.07) is 14.4. The molecule has 2 aliphatic heterocycles. The topological polar surface area (TPSA) is 88.2 Å². The molecule has 2 fully saturated rings. The standard InChI is InChI=1S/C23H29N3O5S/c27-23(21-2-1-3-22(16-21)32(28,29)26-10-14-31-15-11-26)24-17-19-4-6-20(7-5-19)18-25-8-12-30-13-9-25/h1-7,16H,8-15,17-18H2,(H,24,27). The van der Waals surface area contributed by atoms with Crippen molar-refractivity contribution in [2.45, 2.75) is 18.0 Å². The molecule has 0 radical (unpaired) electrons. The van der Waals surface area contributed by atoms with E-state index >= 15 is 0 Å². The van der Waals surface area contributed by atoms with Crippen molar-refractivity contribution >= 4 is 15.9 Å². The number of ether oxygens (including phenoxy) is 2. The van der Waals surface area contributed by atoms with Gasteiger partial charge in [0.2, 0.25) is 10.0 Å². The quantitative estimate of drug-likeness (QED) is 0.675. The molecule has 32 heavy (non-hydrogen) atoms. The Balaban J connectivity index is 1.34. The number of nitrogens with one attached hydrogen (secondary N) is 1. The number of hydrogen-bond donors (Lipinski definition) is 1. The van der Waals surface area contributed by atoms with Crippen LogP contribution >= 0.6 is 0 Å². The number of carbonyl (C=O) groups excluding carboxylic acids is 1. The molecule has 0 aliphatic carbocycles. The van der Waals surface area contributed by atoms with Gasteiger partial charge in [0.05, 0.1) is 31.3 Å². The highest BCUT2D eigenvalue weighted by Gasteiger charge is 2.26. The smallest absolute Gasteiger partial charge is 0.251 e. The van der Waals surface area contributed by atoms with Crippen molar-refractivity contribution in [2.24, 2.45) is 0 Å². The van der Waals surface area contributed by atoms with E-state index in [9.17, 15) is 13.2 Å². The molecule has 0 unspecified atom stereocenters. The predicted octanol–water partition coefficient (Wildman–Crippen LogP) is 1.47. The van der Waals surface area contributed by atoms with Crippen LogP contribution < -0.4 is 5.32 Å². The molecule has 2 aromatic rings. The van der Waals surface area contributed by atoms with Gasteiger partial charge in [-0.3, -0.25) is 9.69 Å². The molecule has 0 aromatic heterocycles. The minimum absolute atomic E-state index is 0.125. The van der Waals surface area contributed by atoms with Gasteiger partial charge in [0.1, 0.15) is 0 Å². The first-order chi connectivity index (χ1) is 15.5. The lowest BCUT2D eigenvalue weighted by molar-refractivity contribution is 0.0342. The van der Waals surface area contributed by atoms with Crippen LogP contribution in [-0.4, -0.2) is 76.1 Å². The molecule has 172 valence electrons. The minimum atomic E-state index is -3.64. The largest absolute Gasteiger partial charge is 0.379 e. The van der Waals surface area contributed by atoms with Gasteiger partial charge >= 0.3 is 0 Å². The lowest BCUT2D eigenvalue weighted by atomic mass is 10.1. The van der Waals surface area contributed by atoms with Gasteiger partial charge in [-0.15, -0.1) is 0 Å². The first kappa shape index (κ1) is 22.9. The van der Waals surface area contributed by atoms with E-state index in [2.05, 4.69) is 22.3 Å². The molecule has 2 aliphatic rings. The second kappa shape index (κ2) is 10.5. The van der Waals surface area contributed by atoms with E-state index in [4.69, 9.17) is 9.47 Å². The summed E-state index contributed by atoms with van der Waals surface area (Å²) in [6.07, 6.45) is 0. The number of carbonyl (C=O) groups is 1. The summed E-state index contributed by atoms with van der Waals surface area (Å²) in [5.41, 5.74) is 2.53. The highest BCUT2D eigenvalue weighted by atomic mass is 32.2. The van der Waals surface area contributed by atoms with Crippen LogP contribution in [0.3, 0.4) is 0 Å². The Morgan fingerprint density at radius 1 is 0.875 bits per heavy atom. The van der Waals surface area contributed by atoms with Crippen molar-refractivity contribution in [3.05, 3.63) is 65.2 Å². The van der Waals surface area contributed by atoms with Gasteiger partial charge in [-0.1, -0.05) is 30.3 Å². The van der Waals surface area contributed by atoms with Crippen LogP contribution in [0.4, 0.5) is 0 Å². The van der Waals surface area contributed by atoms with Crippen molar-refractivity contribution < 1.29 is 22.7 Å². The fourth-order valence-corrected chi connectivity index (χ4v) is 5.25. The number of amides is 1. The normalized spacial score (nSPS) is 18.4. The highest BCUT2D eigenvalue weighted by molar-refractivity contribution is 7.89. The number of nitrogens with zero attached hydrogens (tertiary/aromatic N) is 2. The molecule has 0 bridgehead atoms. The summed E-state index contributed by atoms with van der Waals surface area (Å²) in [7, 11) is -3.64. The van der Waals surface area contributed by atoms with Crippen LogP contribution in [0.25, 0.3) is 0 Å². The van der Waals surface area contributed by atoms with Crippen LogP contribution in [0.1, 0.15) is 21.5 Å². The van der Waals surface area contributed by atoms with Crippen LogP contribution in [0.5, 0.6) is 0 Å². The maximum absolute atomic E-state index is 12.8. The first-order valence-electron chi connectivity index (χ1n) is 10.9. The summed E-state index contributed by atoms with van der Waals surface area (Å²) in [5, 5.41) is 2.88. The highest BCUT2D eigenvalue weighted by Crippen LogP contribution is 2.18. The van der Waals surface area contributed by atoms with Crippen molar-refractivity contribution in [3.63, 3.8) is 0 Å². The van der Waals surface area contributed by atoms with E-state index in [1.165, 1.54) is 22.0 Å². The molecule has 8 nitrogen and oxygen atoms in total. The molecule has 1 amide bonds. The van der Waals surface area contributed by atoms with Crippen molar-refractivity contribution in [1.29, 1.82) is 0 Å². The van der Waals surface area contributed by atoms with Gasteiger partial charge in [0.25, 0.3) is 5.91 Å². The van der Waals surface area contributed by atoms with Crippen LogP contribution in [-0.2, 0) is 32.6 Å². The average molecular weight is 460 g/mol. The maximum Gasteiger partial charge on any atom is 0.251 e. The summed E-state index contributed by atoms with van der Waals surface area (Å²) >= 11 is 0. The number of benzene rings is 2. The molecule has 0 atom stereocenters. The van der Waals surface area contributed by atoms with Crippen molar-refractivity contribution in [3.8, 4) is 0 Å². The third-order valence-corrected chi connectivity index (χ3v) is 7.58. The molecule has 2 heterocycles. The van der Waals surface area contributed by atoms with E-state index in [1.54, 1.807) is 12.1 Å². The summed E-state index contributed by atoms with van der Waals surface area (Å²) < 4.78 is 37.7.